The SMILES string of the molecule is Cc1cccc(N2CCC(CNC(=O)COc3ccc(Cl)cc3)C2)c1. The Morgan fingerprint density at radius 1 is 1.28 bits per heavy atom. The van der Waals surface area contributed by atoms with Gasteiger partial charge in [-0.15, -0.1) is 0 Å². The van der Waals surface area contributed by atoms with Crippen LogP contribution in [0.5, 0.6) is 5.75 Å². The predicted octanol–water partition coefficient (Wildman–Crippen LogP) is 3.67. The van der Waals surface area contributed by atoms with Gasteiger partial charge in [0.15, 0.2) is 6.61 Å². The van der Waals surface area contributed by atoms with Gasteiger partial charge < -0.3 is 15.0 Å². The van der Waals surface area contributed by atoms with Gasteiger partial charge in [-0.05, 0) is 61.2 Å². The van der Waals surface area contributed by atoms with Crippen LogP contribution in [0.2, 0.25) is 5.02 Å². The average Bonchev–Trinajstić information content (AvgIpc) is 3.08. The molecule has 1 heterocycles. The van der Waals surface area contributed by atoms with E-state index in [4.69, 9.17) is 16.3 Å². The first-order valence-corrected chi connectivity index (χ1v) is 8.94. The topological polar surface area (TPSA) is 41.6 Å². The Balaban J connectivity index is 1.40. The fraction of sp³-hybridized carbons (Fsp3) is 0.350. The van der Waals surface area contributed by atoms with Gasteiger partial charge in [0, 0.05) is 30.3 Å². The van der Waals surface area contributed by atoms with Crippen LogP contribution in [-0.4, -0.2) is 32.1 Å². The fourth-order valence-corrected chi connectivity index (χ4v) is 3.17. The number of carbonyl (C=O) groups is 1. The molecule has 5 heteroatoms. The van der Waals surface area contributed by atoms with Crippen LogP contribution < -0.4 is 15.0 Å². The molecule has 2 aromatic carbocycles. The monoisotopic (exact) mass is 358 g/mol. The van der Waals surface area contributed by atoms with Crippen molar-refractivity contribution >= 4 is 23.2 Å². The summed E-state index contributed by atoms with van der Waals surface area (Å²) in [6.45, 7) is 4.83. The van der Waals surface area contributed by atoms with Crippen LogP contribution in [0.3, 0.4) is 0 Å². The molecule has 4 nitrogen and oxygen atoms in total. The molecule has 1 atom stereocenters. The van der Waals surface area contributed by atoms with Crippen LogP contribution in [-0.2, 0) is 4.79 Å². The molecule has 132 valence electrons. The zero-order valence-electron chi connectivity index (χ0n) is 14.4. The Morgan fingerprint density at radius 3 is 2.84 bits per heavy atom. The molecule has 1 unspecified atom stereocenters. The van der Waals surface area contributed by atoms with Crippen molar-refractivity contribution in [2.24, 2.45) is 5.92 Å². The number of amides is 1. The third-order valence-corrected chi connectivity index (χ3v) is 4.68. The molecule has 0 saturated carbocycles. The van der Waals surface area contributed by atoms with E-state index in [-0.39, 0.29) is 12.5 Å². The van der Waals surface area contributed by atoms with Crippen LogP contribution >= 0.6 is 11.6 Å². The Morgan fingerprint density at radius 2 is 2.08 bits per heavy atom. The Bertz CT molecular complexity index is 718. The van der Waals surface area contributed by atoms with Gasteiger partial charge in [0.1, 0.15) is 5.75 Å². The van der Waals surface area contributed by atoms with Gasteiger partial charge in [-0.3, -0.25) is 4.79 Å². The van der Waals surface area contributed by atoms with E-state index in [1.54, 1.807) is 24.3 Å². The first kappa shape index (κ1) is 17.6. The average molecular weight is 359 g/mol. The molecular formula is C20H23ClN2O2. The van der Waals surface area contributed by atoms with Crippen LogP contribution in [0.15, 0.2) is 48.5 Å². The summed E-state index contributed by atoms with van der Waals surface area (Å²) in [5.41, 5.74) is 2.54. The van der Waals surface area contributed by atoms with Gasteiger partial charge >= 0.3 is 0 Å². The van der Waals surface area contributed by atoms with Gasteiger partial charge in [-0.25, -0.2) is 0 Å². The van der Waals surface area contributed by atoms with E-state index in [0.29, 0.717) is 23.2 Å². The summed E-state index contributed by atoms with van der Waals surface area (Å²) in [6.07, 6.45) is 1.09. The molecule has 1 fully saturated rings. The van der Waals surface area contributed by atoms with Gasteiger partial charge in [0.2, 0.25) is 0 Å². The Hall–Kier alpha value is -2.20. The number of halogens is 1. The highest BCUT2D eigenvalue weighted by Crippen LogP contribution is 2.24. The number of aryl methyl sites for hydroxylation is 1. The van der Waals surface area contributed by atoms with E-state index < -0.39 is 0 Å². The minimum absolute atomic E-state index is 0.0238. The molecule has 0 radical (unpaired) electrons. The fourth-order valence-electron chi connectivity index (χ4n) is 3.05. The van der Waals surface area contributed by atoms with Crippen LogP contribution in [0.1, 0.15) is 12.0 Å². The second-order valence-electron chi connectivity index (χ2n) is 6.49. The lowest BCUT2D eigenvalue weighted by molar-refractivity contribution is -0.123. The third-order valence-electron chi connectivity index (χ3n) is 4.42. The number of ether oxygens (including phenoxy) is 1. The van der Waals surface area contributed by atoms with Gasteiger partial charge in [-0.2, -0.15) is 0 Å². The minimum atomic E-state index is -0.0936. The van der Waals surface area contributed by atoms with Crippen LogP contribution in [0.25, 0.3) is 0 Å². The van der Waals surface area contributed by atoms with E-state index in [9.17, 15) is 4.79 Å². The molecule has 2 aromatic rings. The molecule has 3 rings (SSSR count). The summed E-state index contributed by atoms with van der Waals surface area (Å²) < 4.78 is 5.46. The molecule has 1 amide bonds. The summed E-state index contributed by atoms with van der Waals surface area (Å²) in [7, 11) is 0. The van der Waals surface area contributed by atoms with Crippen molar-refractivity contribution in [3.05, 3.63) is 59.1 Å². The van der Waals surface area contributed by atoms with Crippen molar-refractivity contribution in [3.8, 4) is 5.75 Å². The molecule has 25 heavy (non-hydrogen) atoms. The standard InChI is InChI=1S/C20H23ClN2O2/c1-15-3-2-4-18(11-15)23-10-9-16(13-23)12-22-20(24)14-25-19-7-5-17(21)6-8-19/h2-8,11,16H,9-10,12-14H2,1H3,(H,22,24). The highest BCUT2D eigenvalue weighted by molar-refractivity contribution is 6.30. The van der Waals surface area contributed by atoms with Crippen molar-refractivity contribution in [1.82, 2.24) is 5.32 Å². The molecule has 0 aliphatic carbocycles. The van der Waals surface area contributed by atoms with Crippen LogP contribution in [0.4, 0.5) is 5.69 Å². The number of rotatable bonds is 6. The molecule has 1 aliphatic rings. The number of benzene rings is 2. The lowest BCUT2D eigenvalue weighted by atomic mass is 10.1. The molecule has 0 bridgehead atoms. The Labute approximate surface area is 153 Å². The van der Waals surface area contributed by atoms with Crippen molar-refractivity contribution in [1.29, 1.82) is 0 Å². The molecule has 1 aliphatic heterocycles. The summed E-state index contributed by atoms with van der Waals surface area (Å²) in [6, 6.07) is 15.6. The number of hydrogen-bond acceptors (Lipinski definition) is 3. The zero-order chi connectivity index (χ0) is 17.6. The van der Waals surface area contributed by atoms with Gasteiger partial charge in [0.05, 0.1) is 0 Å². The predicted molar refractivity (Wildman–Crippen MR) is 101 cm³/mol. The maximum absolute atomic E-state index is 12.0. The van der Waals surface area contributed by atoms with Crippen molar-refractivity contribution in [3.63, 3.8) is 0 Å². The first-order valence-electron chi connectivity index (χ1n) is 8.57. The number of anilines is 1. The normalized spacial score (nSPS) is 16.7. The summed E-state index contributed by atoms with van der Waals surface area (Å²) in [5.74, 6) is 1.02. The number of hydrogen-bond donors (Lipinski definition) is 1. The van der Waals surface area contributed by atoms with Gasteiger partial charge in [0.25, 0.3) is 5.91 Å². The third kappa shape index (κ3) is 5.13. The highest BCUT2D eigenvalue weighted by Gasteiger charge is 2.23. The summed E-state index contributed by atoms with van der Waals surface area (Å²) in [4.78, 5) is 14.3. The molecule has 0 aromatic heterocycles. The second-order valence-corrected chi connectivity index (χ2v) is 6.92. The van der Waals surface area contributed by atoms with E-state index in [2.05, 4.69) is 41.4 Å². The van der Waals surface area contributed by atoms with E-state index in [1.807, 2.05) is 0 Å². The lowest BCUT2D eigenvalue weighted by Gasteiger charge is -2.19. The quantitative estimate of drug-likeness (QED) is 0.856. The number of carbonyl (C=O) groups excluding carboxylic acids is 1. The smallest absolute Gasteiger partial charge is 0.257 e. The van der Waals surface area contributed by atoms with Gasteiger partial charge in [-0.1, -0.05) is 23.7 Å². The van der Waals surface area contributed by atoms with Crippen LogP contribution in [0, 0.1) is 12.8 Å². The number of nitrogens with one attached hydrogen (secondary N) is 1. The summed E-state index contributed by atoms with van der Waals surface area (Å²) >= 11 is 5.82. The zero-order valence-corrected chi connectivity index (χ0v) is 15.1. The molecule has 1 N–H and O–H groups in total. The largest absolute Gasteiger partial charge is 0.484 e. The molecular weight excluding hydrogens is 336 g/mol. The highest BCUT2D eigenvalue weighted by atomic mass is 35.5. The number of nitrogens with zero attached hydrogens (tertiary/aromatic N) is 1. The summed E-state index contributed by atoms with van der Waals surface area (Å²) in [5, 5.41) is 3.62. The Kier molecular flexibility index (Phi) is 5.82. The van der Waals surface area contributed by atoms with E-state index in [0.717, 1.165) is 19.5 Å². The molecule has 1 saturated heterocycles. The molecule has 0 spiro atoms. The van der Waals surface area contributed by atoms with Crippen molar-refractivity contribution in [2.75, 3.05) is 31.1 Å². The lowest BCUT2D eigenvalue weighted by Crippen LogP contribution is -2.34. The maximum Gasteiger partial charge on any atom is 0.257 e. The maximum atomic E-state index is 12.0. The minimum Gasteiger partial charge on any atom is -0.484 e. The van der Waals surface area contributed by atoms with Crippen molar-refractivity contribution < 1.29 is 9.53 Å². The van der Waals surface area contributed by atoms with Crippen molar-refractivity contribution in [2.45, 2.75) is 13.3 Å². The van der Waals surface area contributed by atoms with E-state index in [1.165, 1.54) is 11.3 Å². The second kappa shape index (κ2) is 8.26. The van der Waals surface area contributed by atoms with E-state index >= 15 is 0 Å². The first-order chi connectivity index (χ1) is 12.1.